The number of allylic oxidation sites excluding steroid dienone is 5. The van der Waals surface area contributed by atoms with Crippen molar-refractivity contribution in [3.8, 4) is 11.5 Å². The van der Waals surface area contributed by atoms with Gasteiger partial charge in [0.15, 0.2) is 17.3 Å². The summed E-state index contributed by atoms with van der Waals surface area (Å²) in [6.45, 7) is 27.4. The van der Waals surface area contributed by atoms with Crippen LogP contribution in [0, 0.1) is 68.0 Å². The van der Waals surface area contributed by atoms with E-state index >= 15 is 4.79 Å². The van der Waals surface area contributed by atoms with Crippen molar-refractivity contribution in [2.45, 2.75) is 183 Å². The van der Waals surface area contributed by atoms with Crippen LogP contribution in [-0.4, -0.2) is 48.9 Å². The summed E-state index contributed by atoms with van der Waals surface area (Å²) in [5, 5.41) is 0. The van der Waals surface area contributed by atoms with Crippen molar-refractivity contribution >= 4 is 23.3 Å². The number of esters is 1. The summed E-state index contributed by atoms with van der Waals surface area (Å²) in [5.41, 5.74) is 3.44. The molecule has 1 aromatic carbocycles. The fourth-order valence-corrected chi connectivity index (χ4v) is 18.7. The van der Waals surface area contributed by atoms with Crippen LogP contribution in [0.4, 0.5) is 0 Å². The van der Waals surface area contributed by atoms with E-state index in [0.29, 0.717) is 41.1 Å². The molecule has 0 N–H and O–H groups in total. The molecule has 10 aliphatic rings. The molecule has 1 aliphatic heterocycles. The lowest BCUT2D eigenvalue weighted by Gasteiger charge is -2.70. The molecule has 0 spiro atoms. The first-order chi connectivity index (χ1) is 31.1. The number of ether oxygens (including phenoxy) is 4. The van der Waals surface area contributed by atoms with Crippen molar-refractivity contribution in [1.29, 1.82) is 0 Å². The summed E-state index contributed by atoms with van der Waals surface area (Å²) in [4.78, 5) is 56.6. The minimum absolute atomic E-state index is 0.00433. The van der Waals surface area contributed by atoms with Crippen LogP contribution in [0.1, 0.15) is 181 Å². The molecule has 8 nitrogen and oxygen atoms in total. The highest BCUT2D eigenvalue weighted by Crippen LogP contribution is 2.77. The quantitative estimate of drug-likeness (QED) is 0.270. The van der Waals surface area contributed by atoms with Gasteiger partial charge >= 0.3 is 11.8 Å². The van der Waals surface area contributed by atoms with Crippen LogP contribution in [-0.2, 0) is 29.3 Å². The second-order valence-corrected chi connectivity index (χ2v) is 26.4. The van der Waals surface area contributed by atoms with Crippen molar-refractivity contribution in [2.24, 2.45) is 61.1 Å². The van der Waals surface area contributed by atoms with Crippen LogP contribution in [0.25, 0.3) is 0 Å². The van der Waals surface area contributed by atoms with Crippen LogP contribution in [0.2, 0.25) is 0 Å². The number of Topliss-reactive ketones (excluding diaryl/α,β-unsaturated/α-hetero) is 1. The molecule has 0 bridgehead atoms. The van der Waals surface area contributed by atoms with E-state index in [-0.39, 0.29) is 55.9 Å². The van der Waals surface area contributed by atoms with E-state index in [9.17, 15) is 14.4 Å². The Balaban J connectivity index is 0.989. The predicted molar refractivity (Wildman–Crippen MR) is 258 cm³/mol. The number of hydrogen-bond acceptors (Lipinski definition) is 8. The molecular formula is C59H76O8. The van der Waals surface area contributed by atoms with E-state index in [1.807, 2.05) is 32.1 Å². The second-order valence-electron chi connectivity index (χ2n) is 26.4. The Morgan fingerprint density at radius 1 is 0.687 bits per heavy atom. The third-order valence-corrected chi connectivity index (χ3v) is 23.6. The highest BCUT2D eigenvalue weighted by molar-refractivity contribution is 6.10. The van der Waals surface area contributed by atoms with Crippen molar-refractivity contribution in [2.75, 3.05) is 14.2 Å². The molecule has 6 saturated carbocycles. The topological polar surface area (TPSA) is 105 Å². The van der Waals surface area contributed by atoms with Gasteiger partial charge in [0, 0.05) is 47.0 Å². The number of ketones is 3. The van der Waals surface area contributed by atoms with E-state index in [1.165, 1.54) is 18.3 Å². The Morgan fingerprint density at radius 2 is 1.31 bits per heavy atom. The van der Waals surface area contributed by atoms with Crippen LogP contribution in [0.5, 0.6) is 11.5 Å². The lowest BCUT2D eigenvalue weighted by Crippen LogP contribution is -2.70. The van der Waals surface area contributed by atoms with Crippen molar-refractivity contribution in [3.05, 3.63) is 69.4 Å². The van der Waals surface area contributed by atoms with Gasteiger partial charge in [-0.15, -0.1) is 0 Å². The Morgan fingerprint density at radius 3 is 1.99 bits per heavy atom. The largest absolute Gasteiger partial charge is 0.471 e. The summed E-state index contributed by atoms with van der Waals surface area (Å²) < 4.78 is 26.3. The first-order valence-electron chi connectivity index (χ1n) is 25.8. The van der Waals surface area contributed by atoms with Gasteiger partial charge < -0.3 is 18.9 Å². The van der Waals surface area contributed by atoms with Crippen LogP contribution in [0.15, 0.2) is 52.7 Å². The monoisotopic (exact) mass is 913 g/mol. The maximum Gasteiger partial charge on any atom is 0.319 e. The van der Waals surface area contributed by atoms with Gasteiger partial charge in [-0.1, -0.05) is 80.0 Å². The SMILES string of the molecule is COC(=O)[C@]1(C)CC[C@]2(C)CC[C@]3(C)C4=CC=C5C(=CC(=O)[C@@]6(OC)Oc7cc8c(c(C)c7O[C@@]56C)C(=O)C=C5[C@@]8(C)CC[C@@]6(C)[C@@H]7C[C@@H](C)C(=O)C[C@]7(C)CC[C@]56C)[C@]4(C)CC[C@@]3(C)[C@@H]2C1. The third-order valence-electron chi connectivity index (χ3n) is 23.6. The molecule has 0 saturated heterocycles. The zero-order valence-corrected chi connectivity index (χ0v) is 43.1. The van der Waals surface area contributed by atoms with Crippen LogP contribution >= 0.6 is 0 Å². The highest BCUT2D eigenvalue weighted by atomic mass is 16.7. The minimum atomic E-state index is -1.81. The van der Waals surface area contributed by atoms with E-state index in [2.05, 4.69) is 81.4 Å². The summed E-state index contributed by atoms with van der Waals surface area (Å²) in [7, 11) is 3.07. The lowest BCUT2D eigenvalue weighted by atomic mass is 9.34. The Kier molecular flexibility index (Phi) is 9.09. The van der Waals surface area contributed by atoms with Gasteiger partial charge in [-0.2, -0.15) is 0 Å². The fourth-order valence-electron chi connectivity index (χ4n) is 18.7. The van der Waals surface area contributed by atoms with Gasteiger partial charge in [0.2, 0.25) is 11.4 Å². The zero-order chi connectivity index (χ0) is 48.3. The average Bonchev–Trinajstić information content (AvgIpc) is 3.27. The Hall–Kier alpha value is -3.78. The number of rotatable bonds is 2. The molecule has 1 heterocycles. The van der Waals surface area contributed by atoms with Crippen molar-refractivity contribution < 1.29 is 38.1 Å². The molecule has 11 rings (SSSR count). The van der Waals surface area contributed by atoms with Crippen LogP contribution in [0.3, 0.4) is 0 Å². The molecule has 8 heteroatoms. The molecular weight excluding hydrogens is 837 g/mol. The van der Waals surface area contributed by atoms with Gasteiger partial charge in [0.25, 0.3) is 0 Å². The number of carbonyl (C=O) groups is 4. The summed E-state index contributed by atoms with van der Waals surface area (Å²) in [6.07, 6.45) is 20.2. The Labute approximate surface area is 399 Å². The van der Waals surface area contributed by atoms with E-state index < -0.39 is 27.6 Å². The summed E-state index contributed by atoms with van der Waals surface area (Å²) >= 11 is 0. The van der Waals surface area contributed by atoms with Gasteiger partial charge in [-0.05, 0) is 177 Å². The predicted octanol–water partition coefficient (Wildman–Crippen LogP) is 12.4. The molecule has 67 heavy (non-hydrogen) atoms. The normalized spacial score (nSPS) is 49.0. The average molecular weight is 913 g/mol. The molecule has 6 fully saturated rings. The van der Waals surface area contributed by atoms with Gasteiger partial charge in [-0.3, -0.25) is 19.2 Å². The van der Waals surface area contributed by atoms with Gasteiger partial charge in [0.05, 0.1) is 12.5 Å². The first-order valence-corrected chi connectivity index (χ1v) is 25.8. The smallest absolute Gasteiger partial charge is 0.319 e. The lowest BCUT2D eigenvalue weighted by molar-refractivity contribution is -0.244. The number of methoxy groups -OCH3 is 2. The number of carbonyl (C=O) groups excluding carboxylic acids is 4. The van der Waals surface area contributed by atoms with E-state index in [0.717, 1.165) is 99.3 Å². The number of fused-ring (bicyclic) bond motifs is 17. The standard InChI is InChI=1S/C59H76O8/c1-33-27-42-50(4,31-39(33)61)20-24-56(10)43-30-38(60)46-34(2)47-40(28-37(46)53(43,7)22-25-55(42,56)9)66-59(65-14)45(62)29-36-35(58(59,12)67-47)15-16-41-52(36,6)21-26-57(11)44-32-51(5,48(63)64-13)18-17-49(44,3)19-23-54(41,57)8/h15-16,28-30,33,42,44H,17-27,31-32H2,1-14H3/t33-,42-,44-,49-,50+,51-,52+,53+,54-,55+,56-,57+,58+,59-/m1/s1. The van der Waals surface area contributed by atoms with Gasteiger partial charge in [0.1, 0.15) is 5.78 Å². The summed E-state index contributed by atoms with van der Waals surface area (Å²) in [5.74, 6) is -0.112. The summed E-state index contributed by atoms with van der Waals surface area (Å²) in [6, 6.07) is 2.01. The zero-order valence-electron chi connectivity index (χ0n) is 43.1. The molecule has 14 atom stereocenters. The highest BCUT2D eigenvalue weighted by Gasteiger charge is 2.73. The first kappa shape index (κ1) is 45.7. The molecule has 0 unspecified atom stereocenters. The molecule has 1 aromatic rings. The van der Waals surface area contributed by atoms with Crippen molar-refractivity contribution in [1.82, 2.24) is 0 Å². The van der Waals surface area contributed by atoms with E-state index in [4.69, 9.17) is 18.9 Å². The van der Waals surface area contributed by atoms with E-state index in [1.54, 1.807) is 7.11 Å². The number of benzene rings is 1. The third kappa shape index (κ3) is 5.11. The van der Waals surface area contributed by atoms with Crippen molar-refractivity contribution in [3.63, 3.8) is 0 Å². The molecule has 360 valence electrons. The maximum atomic E-state index is 15.2. The fraction of sp³-hybridized carbons (Fsp3) is 0.695. The van der Waals surface area contributed by atoms with Gasteiger partial charge in [-0.25, -0.2) is 0 Å². The molecule has 0 radical (unpaired) electrons. The molecule has 0 amide bonds. The Bertz CT molecular complexity index is 2650. The maximum absolute atomic E-state index is 15.2. The number of hydrogen-bond donors (Lipinski definition) is 0. The van der Waals surface area contributed by atoms with Crippen LogP contribution < -0.4 is 9.47 Å². The molecule has 0 aromatic heterocycles. The second kappa shape index (κ2) is 13.3. The molecule has 9 aliphatic carbocycles. The minimum Gasteiger partial charge on any atom is -0.471 e.